The van der Waals surface area contributed by atoms with Gasteiger partial charge in [0.15, 0.2) is 0 Å². The number of hydrogen-bond donors (Lipinski definition) is 1. The predicted molar refractivity (Wildman–Crippen MR) is 78.8 cm³/mol. The third kappa shape index (κ3) is 3.59. The zero-order valence-corrected chi connectivity index (χ0v) is 13.2. The lowest BCUT2D eigenvalue weighted by Gasteiger charge is -2.38. The standard InChI is InChI=1S/C13H24N4O2S/c1-4-20(18,19)16-8-13(9-16)6-14-5-12-7-15-17(10-12)11(2)3/h7,10-11,13-14H,4-6,8-9H2,1-3H3. The molecule has 0 aromatic carbocycles. The van der Waals surface area contributed by atoms with Crippen molar-refractivity contribution < 1.29 is 8.42 Å². The van der Waals surface area contributed by atoms with E-state index in [1.54, 1.807) is 11.2 Å². The van der Waals surface area contributed by atoms with E-state index >= 15 is 0 Å². The number of sulfonamides is 1. The van der Waals surface area contributed by atoms with Crippen LogP contribution in [-0.2, 0) is 16.6 Å². The lowest BCUT2D eigenvalue weighted by Crippen LogP contribution is -2.53. The van der Waals surface area contributed by atoms with Gasteiger partial charge in [0.2, 0.25) is 10.0 Å². The monoisotopic (exact) mass is 300 g/mol. The van der Waals surface area contributed by atoms with Gasteiger partial charge < -0.3 is 5.32 Å². The fourth-order valence-corrected chi connectivity index (χ4v) is 3.47. The molecule has 1 aromatic heterocycles. The fourth-order valence-electron chi connectivity index (χ4n) is 2.23. The lowest BCUT2D eigenvalue weighted by atomic mass is 10.0. The molecule has 2 rings (SSSR count). The Balaban J connectivity index is 1.68. The van der Waals surface area contributed by atoms with Crippen molar-refractivity contribution in [1.82, 2.24) is 19.4 Å². The minimum Gasteiger partial charge on any atom is -0.312 e. The lowest BCUT2D eigenvalue weighted by molar-refractivity contribution is 0.196. The molecule has 0 atom stereocenters. The van der Waals surface area contributed by atoms with E-state index in [0.717, 1.165) is 18.7 Å². The largest absolute Gasteiger partial charge is 0.312 e. The van der Waals surface area contributed by atoms with Crippen LogP contribution in [0.2, 0.25) is 0 Å². The molecule has 7 heteroatoms. The highest BCUT2D eigenvalue weighted by atomic mass is 32.2. The summed E-state index contributed by atoms with van der Waals surface area (Å²) in [5.41, 5.74) is 1.16. The number of nitrogens with one attached hydrogen (secondary N) is 1. The molecule has 1 saturated heterocycles. The molecule has 0 aliphatic carbocycles. The molecule has 0 unspecified atom stereocenters. The first kappa shape index (κ1) is 15.5. The molecule has 0 amide bonds. The molecule has 1 aliphatic heterocycles. The van der Waals surface area contributed by atoms with Crippen molar-refractivity contribution in [2.75, 3.05) is 25.4 Å². The van der Waals surface area contributed by atoms with E-state index < -0.39 is 10.0 Å². The Kier molecular flexibility index (Phi) is 4.82. The van der Waals surface area contributed by atoms with Crippen LogP contribution >= 0.6 is 0 Å². The molecule has 1 aliphatic rings. The summed E-state index contributed by atoms with van der Waals surface area (Å²) in [7, 11) is -2.99. The highest BCUT2D eigenvalue weighted by molar-refractivity contribution is 7.89. The van der Waals surface area contributed by atoms with Crippen molar-refractivity contribution in [1.29, 1.82) is 0 Å². The summed E-state index contributed by atoms with van der Waals surface area (Å²) in [5.74, 6) is 0.623. The Morgan fingerprint density at radius 2 is 2.15 bits per heavy atom. The zero-order chi connectivity index (χ0) is 14.8. The summed E-state index contributed by atoms with van der Waals surface area (Å²) >= 11 is 0. The molecule has 1 fully saturated rings. The molecule has 6 nitrogen and oxygen atoms in total. The van der Waals surface area contributed by atoms with Gasteiger partial charge in [0, 0.05) is 44.0 Å². The average Bonchev–Trinajstić information content (AvgIpc) is 2.80. The van der Waals surface area contributed by atoms with Gasteiger partial charge in [-0.15, -0.1) is 0 Å². The van der Waals surface area contributed by atoms with Crippen LogP contribution in [0.1, 0.15) is 32.4 Å². The van der Waals surface area contributed by atoms with Crippen molar-refractivity contribution in [3.8, 4) is 0 Å². The second-order valence-corrected chi connectivity index (χ2v) is 7.89. The minimum absolute atomic E-state index is 0.196. The van der Waals surface area contributed by atoms with Gasteiger partial charge in [0.05, 0.1) is 11.9 Å². The highest BCUT2D eigenvalue weighted by Gasteiger charge is 2.33. The normalized spacial score (nSPS) is 17.6. The predicted octanol–water partition coefficient (Wildman–Crippen LogP) is 0.835. The third-order valence-electron chi connectivity index (χ3n) is 3.63. The molecule has 0 bridgehead atoms. The highest BCUT2D eigenvalue weighted by Crippen LogP contribution is 2.19. The van der Waals surface area contributed by atoms with Gasteiger partial charge in [-0.1, -0.05) is 0 Å². The van der Waals surface area contributed by atoms with Crippen LogP contribution in [-0.4, -0.2) is 47.9 Å². The third-order valence-corrected chi connectivity index (χ3v) is 5.44. The van der Waals surface area contributed by atoms with Gasteiger partial charge in [-0.05, 0) is 26.7 Å². The van der Waals surface area contributed by atoms with Crippen LogP contribution in [0.5, 0.6) is 0 Å². The van der Waals surface area contributed by atoms with Gasteiger partial charge in [-0.25, -0.2) is 12.7 Å². The van der Waals surface area contributed by atoms with E-state index in [1.165, 1.54) is 0 Å². The number of aromatic nitrogens is 2. The maximum Gasteiger partial charge on any atom is 0.213 e. The van der Waals surface area contributed by atoms with E-state index in [0.29, 0.717) is 25.0 Å². The van der Waals surface area contributed by atoms with E-state index in [2.05, 4.69) is 24.3 Å². The fraction of sp³-hybridized carbons (Fsp3) is 0.769. The molecule has 114 valence electrons. The molecule has 0 spiro atoms. The first-order valence-corrected chi connectivity index (χ1v) is 8.75. The Morgan fingerprint density at radius 1 is 1.45 bits per heavy atom. The Morgan fingerprint density at radius 3 is 2.70 bits per heavy atom. The SMILES string of the molecule is CCS(=O)(=O)N1CC(CNCc2cnn(C(C)C)c2)C1. The smallest absolute Gasteiger partial charge is 0.213 e. The van der Waals surface area contributed by atoms with Gasteiger partial charge >= 0.3 is 0 Å². The van der Waals surface area contributed by atoms with Crippen molar-refractivity contribution in [3.63, 3.8) is 0 Å². The summed E-state index contributed by atoms with van der Waals surface area (Å²) in [6.45, 7) is 8.81. The van der Waals surface area contributed by atoms with E-state index in [-0.39, 0.29) is 5.75 Å². The molecule has 2 heterocycles. The van der Waals surface area contributed by atoms with Crippen LogP contribution in [0.3, 0.4) is 0 Å². The molecule has 0 radical (unpaired) electrons. The summed E-state index contributed by atoms with van der Waals surface area (Å²) < 4.78 is 26.7. The number of hydrogen-bond acceptors (Lipinski definition) is 4. The Hall–Kier alpha value is -0.920. The van der Waals surface area contributed by atoms with Gasteiger partial charge in [0.1, 0.15) is 0 Å². The van der Waals surface area contributed by atoms with E-state index in [1.807, 2.05) is 17.1 Å². The molecule has 20 heavy (non-hydrogen) atoms. The van der Waals surface area contributed by atoms with Crippen molar-refractivity contribution >= 4 is 10.0 Å². The molecule has 1 N–H and O–H groups in total. The van der Waals surface area contributed by atoms with Crippen LogP contribution in [0.4, 0.5) is 0 Å². The topological polar surface area (TPSA) is 67.2 Å². The van der Waals surface area contributed by atoms with Crippen molar-refractivity contribution in [2.24, 2.45) is 5.92 Å². The van der Waals surface area contributed by atoms with Crippen molar-refractivity contribution in [3.05, 3.63) is 18.0 Å². The second kappa shape index (κ2) is 6.24. The van der Waals surface area contributed by atoms with Crippen LogP contribution in [0.15, 0.2) is 12.4 Å². The van der Waals surface area contributed by atoms with E-state index in [4.69, 9.17) is 0 Å². The van der Waals surface area contributed by atoms with Gasteiger partial charge in [-0.2, -0.15) is 5.10 Å². The van der Waals surface area contributed by atoms with Crippen molar-refractivity contribution in [2.45, 2.75) is 33.4 Å². The quantitative estimate of drug-likeness (QED) is 0.810. The molecular weight excluding hydrogens is 276 g/mol. The average molecular weight is 300 g/mol. The summed E-state index contributed by atoms with van der Waals surface area (Å²) in [6, 6.07) is 0.378. The maximum atomic E-state index is 11.6. The van der Waals surface area contributed by atoms with Crippen LogP contribution < -0.4 is 5.32 Å². The Bertz CT molecular complexity index is 532. The van der Waals surface area contributed by atoms with Crippen LogP contribution in [0.25, 0.3) is 0 Å². The van der Waals surface area contributed by atoms with Crippen LogP contribution in [0, 0.1) is 5.92 Å². The Labute approximate surface area is 121 Å². The van der Waals surface area contributed by atoms with Gasteiger partial charge in [0.25, 0.3) is 0 Å². The first-order valence-electron chi connectivity index (χ1n) is 7.14. The second-order valence-electron chi connectivity index (χ2n) is 5.64. The van der Waals surface area contributed by atoms with E-state index in [9.17, 15) is 8.42 Å². The summed E-state index contributed by atoms with van der Waals surface area (Å²) in [5, 5.41) is 7.66. The number of rotatable bonds is 7. The first-order chi connectivity index (χ1) is 9.42. The molecular formula is C13H24N4O2S. The number of nitrogens with zero attached hydrogens (tertiary/aromatic N) is 3. The molecule has 0 saturated carbocycles. The zero-order valence-electron chi connectivity index (χ0n) is 12.4. The summed E-state index contributed by atoms with van der Waals surface area (Å²) in [4.78, 5) is 0. The maximum absolute atomic E-state index is 11.6. The minimum atomic E-state index is -2.99. The molecule has 1 aromatic rings. The summed E-state index contributed by atoms with van der Waals surface area (Å²) in [6.07, 6.45) is 3.92. The van der Waals surface area contributed by atoms with Gasteiger partial charge in [-0.3, -0.25) is 4.68 Å².